The van der Waals surface area contributed by atoms with Crippen LogP contribution in [0.5, 0.6) is 0 Å². The minimum Gasteiger partial charge on any atom is -0.272 e. The molecule has 0 aliphatic heterocycles. The van der Waals surface area contributed by atoms with Gasteiger partial charge in [0.1, 0.15) is 4.90 Å². The maximum atomic E-state index is 12.1. The van der Waals surface area contributed by atoms with Gasteiger partial charge in [0.25, 0.3) is 15.9 Å². The molecule has 1 amide bonds. The Kier molecular flexibility index (Phi) is 4.42. The molecule has 0 radical (unpaired) electrons. The van der Waals surface area contributed by atoms with Gasteiger partial charge in [0, 0.05) is 18.3 Å². The Bertz CT molecular complexity index is 733. The molecule has 7 heteroatoms. The highest BCUT2D eigenvalue weighted by Crippen LogP contribution is 2.10. The molecular weight excluding hydrogens is 290 g/mol. The normalized spacial score (nSPS) is 11.3. The molecule has 0 bridgehead atoms. The zero-order chi connectivity index (χ0) is 15.5. The van der Waals surface area contributed by atoms with Crippen molar-refractivity contribution in [2.24, 2.45) is 0 Å². The summed E-state index contributed by atoms with van der Waals surface area (Å²) >= 11 is 0. The first-order valence-electron chi connectivity index (χ1n) is 6.64. The molecule has 0 spiro atoms. The molecule has 6 nitrogen and oxygen atoms in total. The van der Waals surface area contributed by atoms with E-state index in [0.717, 1.165) is 12.0 Å². The minimum absolute atomic E-state index is 0.0251. The predicted octanol–water partition coefficient (Wildman–Crippen LogP) is 1.58. The fraction of sp³-hybridized carbons (Fsp3) is 0.286. The largest absolute Gasteiger partial charge is 0.272 e. The highest BCUT2D eigenvalue weighted by molar-refractivity contribution is 7.90. The van der Waals surface area contributed by atoms with Gasteiger partial charge < -0.3 is 0 Å². The van der Waals surface area contributed by atoms with E-state index in [2.05, 4.69) is 5.10 Å². The number of amides is 1. The van der Waals surface area contributed by atoms with Crippen molar-refractivity contribution in [2.75, 3.05) is 0 Å². The zero-order valence-corrected chi connectivity index (χ0v) is 12.7. The van der Waals surface area contributed by atoms with E-state index in [-0.39, 0.29) is 4.90 Å². The van der Waals surface area contributed by atoms with Crippen LogP contribution < -0.4 is 4.72 Å². The van der Waals surface area contributed by atoms with Crippen molar-refractivity contribution in [3.63, 3.8) is 0 Å². The van der Waals surface area contributed by atoms with Gasteiger partial charge in [-0.15, -0.1) is 0 Å². The number of benzene rings is 1. The van der Waals surface area contributed by atoms with E-state index < -0.39 is 15.9 Å². The highest BCUT2D eigenvalue weighted by atomic mass is 32.2. The van der Waals surface area contributed by atoms with Crippen LogP contribution >= 0.6 is 0 Å². The van der Waals surface area contributed by atoms with E-state index in [1.165, 1.54) is 17.1 Å². The van der Waals surface area contributed by atoms with Gasteiger partial charge in [0.2, 0.25) is 0 Å². The Morgan fingerprint density at radius 2 is 1.90 bits per heavy atom. The molecule has 0 aliphatic rings. The first kappa shape index (κ1) is 15.2. The summed E-state index contributed by atoms with van der Waals surface area (Å²) < 4.78 is 27.7. The van der Waals surface area contributed by atoms with Crippen molar-refractivity contribution in [1.29, 1.82) is 0 Å². The smallest absolute Gasteiger partial charge is 0.267 e. The molecule has 0 saturated carbocycles. The third-order valence-corrected chi connectivity index (χ3v) is 4.38. The first-order chi connectivity index (χ1) is 9.96. The molecular formula is C14H17N3O3S. The number of aryl methyl sites for hydroxylation is 2. The predicted molar refractivity (Wildman–Crippen MR) is 78.4 cm³/mol. The van der Waals surface area contributed by atoms with E-state index >= 15 is 0 Å². The quantitative estimate of drug-likeness (QED) is 0.909. The molecule has 21 heavy (non-hydrogen) atoms. The third-order valence-electron chi connectivity index (χ3n) is 3.10. The third kappa shape index (κ3) is 3.49. The number of sulfonamides is 1. The van der Waals surface area contributed by atoms with Crippen LogP contribution in [0.2, 0.25) is 0 Å². The number of hydrogen-bond donors (Lipinski definition) is 1. The topological polar surface area (TPSA) is 81.1 Å². The van der Waals surface area contributed by atoms with Gasteiger partial charge in [0.05, 0.1) is 6.20 Å². The van der Waals surface area contributed by atoms with Crippen molar-refractivity contribution in [3.8, 4) is 0 Å². The Labute approximate surface area is 123 Å². The van der Waals surface area contributed by atoms with Gasteiger partial charge >= 0.3 is 0 Å². The molecule has 112 valence electrons. The number of aromatic nitrogens is 2. The summed E-state index contributed by atoms with van der Waals surface area (Å²) in [4.78, 5) is 12.0. The van der Waals surface area contributed by atoms with Gasteiger partial charge in [-0.1, -0.05) is 19.1 Å². The highest BCUT2D eigenvalue weighted by Gasteiger charge is 2.20. The Morgan fingerprint density at radius 3 is 2.43 bits per heavy atom. The van der Waals surface area contributed by atoms with Gasteiger partial charge in [-0.25, -0.2) is 13.1 Å². The number of nitrogens with zero attached hydrogens (tertiary/aromatic N) is 2. The SMILES string of the molecule is CCc1ccc(C(=O)NS(=O)(=O)c2cnn(CC)c2)cc1. The molecule has 0 unspecified atom stereocenters. The summed E-state index contributed by atoms with van der Waals surface area (Å²) in [5, 5.41) is 3.89. The Hall–Kier alpha value is -2.15. The molecule has 1 aromatic carbocycles. The van der Waals surface area contributed by atoms with E-state index in [4.69, 9.17) is 0 Å². The standard InChI is InChI=1S/C14H17N3O3S/c1-3-11-5-7-12(8-6-11)14(18)16-21(19,20)13-9-15-17(4-2)10-13/h5-10H,3-4H2,1-2H3,(H,16,18). The van der Waals surface area contributed by atoms with Gasteiger partial charge in [0.15, 0.2) is 0 Å². The summed E-state index contributed by atoms with van der Waals surface area (Å²) in [6.07, 6.45) is 3.46. The molecule has 0 fully saturated rings. The lowest BCUT2D eigenvalue weighted by Gasteiger charge is -2.05. The fourth-order valence-corrected chi connectivity index (χ4v) is 2.71. The molecule has 1 N–H and O–H groups in total. The first-order valence-corrected chi connectivity index (χ1v) is 8.13. The van der Waals surface area contributed by atoms with Gasteiger partial charge in [-0.2, -0.15) is 5.10 Å². The molecule has 2 aromatic rings. The summed E-state index contributed by atoms with van der Waals surface area (Å²) in [5.41, 5.74) is 1.39. The molecule has 2 rings (SSSR count). The average molecular weight is 307 g/mol. The van der Waals surface area contributed by atoms with Crippen LogP contribution in [0, 0.1) is 0 Å². The van der Waals surface area contributed by atoms with Crippen LogP contribution in [0.25, 0.3) is 0 Å². The monoisotopic (exact) mass is 307 g/mol. The van der Waals surface area contributed by atoms with Crippen LogP contribution in [0.4, 0.5) is 0 Å². The van der Waals surface area contributed by atoms with Crippen LogP contribution in [0.15, 0.2) is 41.6 Å². The van der Waals surface area contributed by atoms with Crippen LogP contribution in [-0.4, -0.2) is 24.1 Å². The second-order valence-electron chi connectivity index (χ2n) is 4.52. The van der Waals surface area contributed by atoms with Crippen LogP contribution in [-0.2, 0) is 23.0 Å². The Balaban J connectivity index is 2.17. The fourth-order valence-electron chi connectivity index (χ4n) is 1.79. The Morgan fingerprint density at radius 1 is 1.24 bits per heavy atom. The lowest BCUT2D eigenvalue weighted by Crippen LogP contribution is -2.30. The minimum atomic E-state index is -3.90. The van der Waals surface area contributed by atoms with Crippen molar-refractivity contribution >= 4 is 15.9 Å². The number of carbonyl (C=O) groups excluding carboxylic acids is 1. The second kappa shape index (κ2) is 6.09. The summed E-state index contributed by atoms with van der Waals surface area (Å²) in [6.45, 7) is 4.41. The maximum absolute atomic E-state index is 12.1. The van der Waals surface area contributed by atoms with Crippen molar-refractivity contribution in [1.82, 2.24) is 14.5 Å². The van der Waals surface area contributed by atoms with Crippen LogP contribution in [0.1, 0.15) is 29.8 Å². The number of rotatable bonds is 5. The number of nitrogens with one attached hydrogen (secondary N) is 1. The van der Waals surface area contributed by atoms with Crippen molar-refractivity contribution in [3.05, 3.63) is 47.8 Å². The van der Waals surface area contributed by atoms with Crippen molar-refractivity contribution in [2.45, 2.75) is 31.7 Å². The van der Waals surface area contributed by atoms with E-state index in [1.807, 2.05) is 18.6 Å². The molecule has 1 aromatic heterocycles. The van der Waals surface area contributed by atoms with Crippen molar-refractivity contribution < 1.29 is 13.2 Å². The number of carbonyl (C=O) groups is 1. The van der Waals surface area contributed by atoms with E-state index in [0.29, 0.717) is 12.1 Å². The molecule has 0 aliphatic carbocycles. The summed E-state index contributed by atoms with van der Waals surface area (Å²) in [6, 6.07) is 6.82. The van der Waals surface area contributed by atoms with Crippen LogP contribution in [0.3, 0.4) is 0 Å². The lowest BCUT2D eigenvalue weighted by atomic mass is 10.1. The summed E-state index contributed by atoms with van der Waals surface area (Å²) in [5.74, 6) is -0.651. The maximum Gasteiger partial charge on any atom is 0.267 e. The molecule has 0 saturated heterocycles. The van der Waals surface area contributed by atoms with E-state index in [1.54, 1.807) is 24.3 Å². The zero-order valence-electron chi connectivity index (χ0n) is 11.9. The lowest BCUT2D eigenvalue weighted by molar-refractivity contribution is 0.0981. The van der Waals surface area contributed by atoms with Gasteiger partial charge in [-0.3, -0.25) is 9.48 Å². The second-order valence-corrected chi connectivity index (χ2v) is 6.20. The van der Waals surface area contributed by atoms with Gasteiger partial charge in [-0.05, 0) is 31.0 Å². The molecule has 1 heterocycles. The van der Waals surface area contributed by atoms with E-state index in [9.17, 15) is 13.2 Å². The number of hydrogen-bond acceptors (Lipinski definition) is 4. The average Bonchev–Trinajstić information content (AvgIpc) is 2.96. The molecule has 0 atom stereocenters. The summed E-state index contributed by atoms with van der Waals surface area (Å²) in [7, 11) is -3.90.